The molecule has 1 fully saturated rings. The lowest BCUT2D eigenvalue weighted by Crippen LogP contribution is -2.29. The number of benzene rings is 1. The summed E-state index contributed by atoms with van der Waals surface area (Å²) in [7, 11) is 1.78. The van der Waals surface area contributed by atoms with E-state index in [1.54, 1.807) is 41.1 Å². The first-order valence-electron chi connectivity index (χ1n) is 5.99. The molecule has 0 aromatic heterocycles. The molecule has 0 spiro atoms. The van der Waals surface area contributed by atoms with E-state index in [1.807, 2.05) is 0 Å². The van der Waals surface area contributed by atoms with Crippen LogP contribution in [0.4, 0.5) is 10.5 Å². The monoisotopic (exact) mass is 247 g/mol. The van der Waals surface area contributed by atoms with Crippen LogP contribution >= 0.6 is 0 Å². The molecule has 0 saturated carbocycles. The number of rotatable bonds is 4. The van der Waals surface area contributed by atoms with Gasteiger partial charge in [-0.1, -0.05) is 0 Å². The highest BCUT2D eigenvalue weighted by atomic mass is 16.2. The van der Waals surface area contributed by atoms with Gasteiger partial charge in [0.1, 0.15) is 0 Å². The van der Waals surface area contributed by atoms with E-state index in [0.29, 0.717) is 25.1 Å². The van der Waals surface area contributed by atoms with E-state index in [1.165, 1.54) is 0 Å². The van der Waals surface area contributed by atoms with Gasteiger partial charge >= 0.3 is 6.03 Å². The van der Waals surface area contributed by atoms with Crippen molar-refractivity contribution in [1.82, 2.24) is 4.90 Å². The quantitative estimate of drug-likeness (QED) is 0.810. The van der Waals surface area contributed by atoms with E-state index in [2.05, 4.69) is 0 Å². The van der Waals surface area contributed by atoms with Gasteiger partial charge in [0.05, 0.1) is 0 Å². The molecule has 1 aliphatic rings. The van der Waals surface area contributed by atoms with Crippen LogP contribution in [-0.2, 0) is 0 Å². The van der Waals surface area contributed by atoms with Crippen molar-refractivity contribution in [1.29, 1.82) is 0 Å². The number of nitrogens with two attached hydrogens (primary N) is 1. The van der Waals surface area contributed by atoms with E-state index in [9.17, 15) is 9.59 Å². The lowest BCUT2D eigenvalue weighted by molar-refractivity contribution is 0.0985. The summed E-state index contributed by atoms with van der Waals surface area (Å²) in [5.41, 5.74) is 6.82. The fourth-order valence-electron chi connectivity index (χ4n) is 1.99. The molecule has 1 aromatic carbocycles. The molecular weight excluding hydrogens is 230 g/mol. The number of hydrogen-bond acceptors (Lipinski definition) is 3. The zero-order valence-corrected chi connectivity index (χ0v) is 10.4. The fourth-order valence-corrected chi connectivity index (χ4v) is 1.99. The number of amides is 2. The van der Waals surface area contributed by atoms with Gasteiger partial charge < -0.3 is 10.6 Å². The number of carbonyl (C=O) groups excluding carboxylic acids is 2. The lowest BCUT2D eigenvalue weighted by atomic mass is 10.1. The molecule has 2 N–H and O–H groups in total. The molecule has 0 aliphatic carbocycles. The Morgan fingerprint density at radius 1 is 1.28 bits per heavy atom. The van der Waals surface area contributed by atoms with Crippen molar-refractivity contribution in [3.63, 3.8) is 0 Å². The highest BCUT2D eigenvalue weighted by Crippen LogP contribution is 2.20. The Morgan fingerprint density at radius 2 is 1.94 bits per heavy atom. The number of Topliss-reactive ketones (excluding diaryl/α,β-unsaturated/α-hetero) is 1. The van der Waals surface area contributed by atoms with E-state index in [4.69, 9.17) is 5.73 Å². The summed E-state index contributed by atoms with van der Waals surface area (Å²) in [5.74, 6) is 0.0360. The van der Waals surface area contributed by atoms with Gasteiger partial charge in [-0.05, 0) is 30.8 Å². The molecule has 1 saturated heterocycles. The molecule has 0 unspecified atom stereocenters. The largest absolute Gasteiger partial charge is 0.330 e. The van der Waals surface area contributed by atoms with Crippen molar-refractivity contribution in [3.05, 3.63) is 29.8 Å². The first-order chi connectivity index (χ1) is 8.63. The van der Waals surface area contributed by atoms with Crippen molar-refractivity contribution in [2.75, 3.05) is 31.6 Å². The number of ketones is 1. The first kappa shape index (κ1) is 12.6. The van der Waals surface area contributed by atoms with Crippen LogP contribution in [0.25, 0.3) is 0 Å². The Kier molecular flexibility index (Phi) is 3.62. The summed E-state index contributed by atoms with van der Waals surface area (Å²) in [6.07, 6.45) is 0.352. The second-order valence-electron chi connectivity index (χ2n) is 4.36. The SMILES string of the molecule is CN1CCN(c2ccc(C(=O)CCN)cc2)C1=O. The normalized spacial score (nSPS) is 15.3. The Balaban J connectivity index is 2.13. The van der Waals surface area contributed by atoms with Crippen molar-refractivity contribution in [2.24, 2.45) is 5.73 Å². The standard InChI is InChI=1S/C13H17N3O2/c1-15-8-9-16(13(15)18)11-4-2-10(3-5-11)12(17)6-7-14/h2-5H,6-9,14H2,1H3. The Hall–Kier alpha value is -1.88. The Bertz CT molecular complexity index is 456. The zero-order valence-electron chi connectivity index (χ0n) is 10.4. The molecule has 96 valence electrons. The minimum absolute atomic E-state index is 0.00367. The summed E-state index contributed by atoms with van der Waals surface area (Å²) in [4.78, 5) is 26.8. The van der Waals surface area contributed by atoms with Crippen molar-refractivity contribution in [3.8, 4) is 0 Å². The summed E-state index contributed by atoms with van der Waals surface area (Å²) in [6, 6.07) is 7.11. The van der Waals surface area contributed by atoms with Crippen LogP contribution in [0.1, 0.15) is 16.8 Å². The van der Waals surface area contributed by atoms with Gasteiger partial charge in [-0.3, -0.25) is 9.69 Å². The van der Waals surface area contributed by atoms with Crippen LogP contribution in [0.15, 0.2) is 24.3 Å². The van der Waals surface area contributed by atoms with Gasteiger partial charge in [-0.15, -0.1) is 0 Å². The second-order valence-corrected chi connectivity index (χ2v) is 4.36. The molecule has 1 heterocycles. The van der Waals surface area contributed by atoms with E-state index >= 15 is 0 Å². The third-order valence-corrected chi connectivity index (χ3v) is 3.09. The molecule has 2 amide bonds. The first-order valence-corrected chi connectivity index (χ1v) is 5.99. The molecule has 5 nitrogen and oxygen atoms in total. The fraction of sp³-hybridized carbons (Fsp3) is 0.385. The van der Waals surface area contributed by atoms with Crippen LogP contribution < -0.4 is 10.6 Å². The summed E-state index contributed by atoms with van der Waals surface area (Å²) >= 11 is 0. The molecular formula is C13H17N3O2. The Morgan fingerprint density at radius 3 is 2.44 bits per heavy atom. The maximum atomic E-state index is 11.8. The highest BCUT2D eigenvalue weighted by Gasteiger charge is 2.26. The maximum absolute atomic E-state index is 11.8. The minimum atomic E-state index is -0.00367. The topological polar surface area (TPSA) is 66.6 Å². The zero-order chi connectivity index (χ0) is 13.1. The number of hydrogen-bond donors (Lipinski definition) is 1. The van der Waals surface area contributed by atoms with Crippen molar-refractivity contribution >= 4 is 17.5 Å². The van der Waals surface area contributed by atoms with Crippen LogP contribution in [0.5, 0.6) is 0 Å². The van der Waals surface area contributed by atoms with E-state index in [0.717, 1.165) is 12.2 Å². The van der Waals surface area contributed by atoms with Crippen molar-refractivity contribution in [2.45, 2.75) is 6.42 Å². The summed E-state index contributed by atoms with van der Waals surface area (Å²) < 4.78 is 0. The predicted octanol–water partition coefficient (Wildman–Crippen LogP) is 1.09. The van der Waals surface area contributed by atoms with Gasteiger partial charge in [0.15, 0.2) is 5.78 Å². The number of carbonyl (C=O) groups is 2. The van der Waals surface area contributed by atoms with Gasteiger partial charge in [0.2, 0.25) is 0 Å². The molecule has 5 heteroatoms. The molecule has 1 aliphatic heterocycles. The van der Waals surface area contributed by atoms with Crippen LogP contribution in [0, 0.1) is 0 Å². The van der Waals surface area contributed by atoms with Crippen LogP contribution in [-0.4, -0.2) is 43.4 Å². The molecule has 0 radical (unpaired) electrons. The van der Waals surface area contributed by atoms with E-state index < -0.39 is 0 Å². The molecule has 2 rings (SSSR count). The molecule has 18 heavy (non-hydrogen) atoms. The van der Waals surface area contributed by atoms with Gasteiger partial charge in [0, 0.05) is 37.8 Å². The number of likely N-dealkylation sites (N-methyl/N-ethyl adjacent to an activating group) is 1. The Labute approximate surface area is 106 Å². The van der Waals surface area contributed by atoms with Gasteiger partial charge in [0.25, 0.3) is 0 Å². The van der Waals surface area contributed by atoms with Crippen molar-refractivity contribution < 1.29 is 9.59 Å². The molecule has 0 atom stereocenters. The van der Waals surface area contributed by atoms with E-state index in [-0.39, 0.29) is 11.8 Å². The highest BCUT2D eigenvalue weighted by molar-refractivity contribution is 5.98. The van der Waals surface area contributed by atoms with Gasteiger partial charge in [-0.25, -0.2) is 4.79 Å². The molecule has 1 aromatic rings. The third-order valence-electron chi connectivity index (χ3n) is 3.09. The number of anilines is 1. The lowest BCUT2D eigenvalue weighted by Gasteiger charge is -2.16. The average Bonchev–Trinajstić information content (AvgIpc) is 2.71. The van der Waals surface area contributed by atoms with Crippen LogP contribution in [0.2, 0.25) is 0 Å². The number of urea groups is 1. The maximum Gasteiger partial charge on any atom is 0.324 e. The average molecular weight is 247 g/mol. The summed E-state index contributed by atoms with van der Waals surface area (Å²) in [5, 5.41) is 0. The number of nitrogens with zero attached hydrogens (tertiary/aromatic N) is 2. The predicted molar refractivity (Wildman–Crippen MR) is 69.8 cm³/mol. The minimum Gasteiger partial charge on any atom is -0.330 e. The third kappa shape index (κ3) is 2.36. The second kappa shape index (κ2) is 5.18. The van der Waals surface area contributed by atoms with Gasteiger partial charge in [-0.2, -0.15) is 0 Å². The smallest absolute Gasteiger partial charge is 0.324 e. The van der Waals surface area contributed by atoms with Crippen LogP contribution in [0.3, 0.4) is 0 Å². The summed E-state index contributed by atoms with van der Waals surface area (Å²) in [6.45, 7) is 1.77. The molecule has 0 bridgehead atoms.